The fraction of sp³-hybridized carbons (Fsp3) is 0.292. The van der Waals surface area contributed by atoms with Crippen molar-refractivity contribution >= 4 is 23.8 Å². The Morgan fingerprint density at radius 1 is 1.11 bits per heavy atom. The van der Waals surface area contributed by atoms with Gasteiger partial charge in [0.05, 0.1) is 13.2 Å². The molecule has 2 aliphatic rings. The molecule has 0 saturated carbocycles. The fourth-order valence-corrected chi connectivity index (χ4v) is 4.46. The molecule has 2 amide bonds. The van der Waals surface area contributed by atoms with Crippen molar-refractivity contribution < 1.29 is 33.6 Å². The first kappa shape index (κ1) is 22.5. The van der Waals surface area contributed by atoms with Crippen LogP contribution in [0, 0.1) is 0 Å². The normalized spacial score (nSPS) is 19.1. The zero-order valence-electron chi connectivity index (χ0n) is 18.8. The quantitative estimate of drug-likeness (QED) is 0.565. The second kappa shape index (κ2) is 8.84. The fourth-order valence-electron chi connectivity index (χ4n) is 4.46. The summed E-state index contributed by atoms with van der Waals surface area (Å²) in [6, 6.07) is 15.9. The number of carboxylic acid groups (broad SMARTS) is 1. The first-order valence-electron chi connectivity index (χ1n) is 11.0. The predicted octanol–water partition coefficient (Wildman–Crippen LogP) is 2.75. The van der Waals surface area contributed by atoms with Crippen molar-refractivity contribution in [2.75, 3.05) is 31.6 Å². The predicted molar refractivity (Wildman–Crippen MR) is 121 cm³/mol. The number of morpholine rings is 1. The average Bonchev–Trinajstić information content (AvgIpc) is 3.44. The number of carboxylic acids is 1. The minimum Gasteiger partial charge on any atom is -0.479 e. The van der Waals surface area contributed by atoms with Crippen LogP contribution < -0.4 is 5.32 Å². The number of rotatable bonds is 5. The van der Waals surface area contributed by atoms with Gasteiger partial charge in [-0.15, -0.1) is 0 Å². The van der Waals surface area contributed by atoms with Crippen LogP contribution in [0.3, 0.4) is 0 Å². The number of hydrogen-bond acceptors (Lipinski definition) is 8. The maximum Gasteiger partial charge on any atom is 0.412 e. The molecule has 11 heteroatoms. The summed E-state index contributed by atoms with van der Waals surface area (Å²) in [4.78, 5) is 38.3. The van der Waals surface area contributed by atoms with Gasteiger partial charge in [0.1, 0.15) is 6.61 Å². The molecular weight excluding hydrogens is 456 g/mol. The van der Waals surface area contributed by atoms with E-state index in [2.05, 4.69) is 20.3 Å². The van der Waals surface area contributed by atoms with Crippen molar-refractivity contribution in [1.29, 1.82) is 0 Å². The van der Waals surface area contributed by atoms with E-state index in [0.717, 1.165) is 22.3 Å². The van der Waals surface area contributed by atoms with E-state index < -0.39 is 23.6 Å². The van der Waals surface area contributed by atoms with Gasteiger partial charge in [0.2, 0.25) is 11.5 Å². The third-order valence-corrected chi connectivity index (χ3v) is 6.27. The van der Waals surface area contributed by atoms with Crippen LogP contribution in [0.15, 0.2) is 53.2 Å². The molecule has 1 atom stereocenters. The molecule has 3 aromatic rings. The van der Waals surface area contributed by atoms with Crippen LogP contribution in [0.2, 0.25) is 0 Å². The summed E-state index contributed by atoms with van der Waals surface area (Å²) in [7, 11) is 0. The summed E-state index contributed by atoms with van der Waals surface area (Å²) in [5.41, 5.74) is 2.52. The number of amides is 2. The minimum atomic E-state index is -1.55. The second-order valence-corrected chi connectivity index (χ2v) is 8.52. The van der Waals surface area contributed by atoms with E-state index in [4.69, 9.17) is 9.47 Å². The first-order chi connectivity index (χ1) is 16.9. The zero-order valence-corrected chi connectivity index (χ0v) is 18.8. The Morgan fingerprint density at radius 2 is 1.77 bits per heavy atom. The average molecular weight is 478 g/mol. The monoisotopic (exact) mass is 478 g/mol. The molecule has 0 radical (unpaired) electrons. The van der Waals surface area contributed by atoms with E-state index in [0.29, 0.717) is 0 Å². The highest BCUT2D eigenvalue weighted by Gasteiger charge is 2.42. The Morgan fingerprint density at radius 3 is 2.43 bits per heavy atom. The van der Waals surface area contributed by atoms with Gasteiger partial charge in [-0.1, -0.05) is 48.5 Å². The van der Waals surface area contributed by atoms with Gasteiger partial charge in [0.25, 0.3) is 5.91 Å². The van der Waals surface area contributed by atoms with Crippen molar-refractivity contribution in [3.8, 4) is 11.1 Å². The molecule has 11 nitrogen and oxygen atoms in total. The van der Waals surface area contributed by atoms with E-state index in [1.807, 2.05) is 48.5 Å². The number of ether oxygens (including phenoxy) is 2. The number of hydrogen-bond donors (Lipinski definition) is 2. The molecule has 1 fully saturated rings. The van der Waals surface area contributed by atoms with Gasteiger partial charge >= 0.3 is 12.1 Å². The lowest BCUT2D eigenvalue weighted by atomic mass is 9.98. The molecule has 1 unspecified atom stereocenters. The smallest absolute Gasteiger partial charge is 0.412 e. The SMILES string of the molecule is CC1(C(=O)O)CN(C(=O)c2nonc2NC(=O)OCC2c3ccccc3-c3ccccc32)CCO1. The Labute approximate surface area is 199 Å². The summed E-state index contributed by atoms with van der Waals surface area (Å²) in [6.45, 7) is 1.45. The van der Waals surface area contributed by atoms with Crippen molar-refractivity contribution in [1.82, 2.24) is 15.2 Å². The maximum atomic E-state index is 12.9. The van der Waals surface area contributed by atoms with Gasteiger partial charge in [-0.3, -0.25) is 10.1 Å². The van der Waals surface area contributed by atoms with Gasteiger partial charge < -0.3 is 19.5 Å². The largest absolute Gasteiger partial charge is 0.479 e. The van der Waals surface area contributed by atoms with E-state index in [-0.39, 0.29) is 43.7 Å². The summed E-state index contributed by atoms with van der Waals surface area (Å²) in [6.07, 6.45) is -0.825. The Kier molecular flexibility index (Phi) is 5.69. The van der Waals surface area contributed by atoms with Crippen LogP contribution in [-0.2, 0) is 14.3 Å². The summed E-state index contributed by atoms with van der Waals surface area (Å²) in [5.74, 6) is -2.18. The van der Waals surface area contributed by atoms with Crippen LogP contribution in [0.25, 0.3) is 11.1 Å². The van der Waals surface area contributed by atoms with E-state index in [1.165, 1.54) is 11.8 Å². The maximum absolute atomic E-state index is 12.9. The second-order valence-electron chi connectivity index (χ2n) is 8.52. The molecule has 2 heterocycles. The molecule has 2 aromatic carbocycles. The van der Waals surface area contributed by atoms with E-state index in [9.17, 15) is 19.5 Å². The lowest BCUT2D eigenvalue weighted by Crippen LogP contribution is -2.56. The molecule has 180 valence electrons. The molecule has 5 rings (SSSR count). The lowest BCUT2D eigenvalue weighted by Gasteiger charge is -2.37. The van der Waals surface area contributed by atoms with Gasteiger partial charge in [0, 0.05) is 12.5 Å². The van der Waals surface area contributed by atoms with Crippen LogP contribution in [0.1, 0.15) is 34.5 Å². The standard InChI is InChI=1S/C24H22N4O7/c1-24(22(30)31)13-28(10-11-34-24)21(29)19-20(27-35-26-19)25-23(32)33-12-18-16-8-4-2-6-14(16)15-7-3-5-9-17(15)18/h2-9,18H,10-13H2,1H3,(H,30,31)(H,25,27,32). The number of fused-ring (bicyclic) bond motifs is 3. The summed E-state index contributed by atoms with van der Waals surface area (Å²) in [5, 5.41) is 19.0. The van der Waals surface area contributed by atoms with Crippen LogP contribution in [0.4, 0.5) is 10.6 Å². The van der Waals surface area contributed by atoms with Crippen molar-refractivity contribution in [3.63, 3.8) is 0 Å². The van der Waals surface area contributed by atoms with Crippen LogP contribution in [-0.4, -0.2) is 70.2 Å². The summed E-state index contributed by atoms with van der Waals surface area (Å²) < 4.78 is 15.4. The Bertz CT molecular complexity index is 1260. The number of carbonyl (C=O) groups excluding carboxylic acids is 2. The number of aliphatic carboxylic acids is 1. The highest BCUT2D eigenvalue weighted by molar-refractivity contribution is 6.00. The van der Waals surface area contributed by atoms with Gasteiger partial charge in [-0.05, 0) is 39.5 Å². The van der Waals surface area contributed by atoms with Crippen molar-refractivity contribution in [3.05, 3.63) is 65.4 Å². The highest BCUT2D eigenvalue weighted by Crippen LogP contribution is 2.44. The number of carbonyl (C=O) groups is 3. The van der Waals surface area contributed by atoms with Gasteiger partial charge in [0.15, 0.2) is 5.60 Å². The van der Waals surface area contributed by atoms with Crippen molar-refractivity contribution in [2.24, 2.45) is 0 Å². The van der Waals surface area contributed by atoms with Gasteiger partial charge in [-0.25, -0.2) is 14.2 Å². The molecular formula is C24H22N4O7. The first-order valence-corrected chi connectivity index (χ1v) is 11.0. The van der Waals surface area contributed by atoms with E-state index >= 15 is 0 Å². The lowest BCUT2D eigenvalue weighted by molar-refractivity contribution is -0.171. The van der Waals surface area contributed by atoms with Gasteiger partial charge in [-0.2, -0.15) is 0 Å². The van der Waals surface area contributed by atoms with Crippen molar-refractivity contribution in [2.45, 2.75) is 18.4 Å². The number of benzene rings is 2. The number of anilines is 1. The Hall–Kier alpha value is -4.25. The third-order valence-electron chi connectivity index (χ3n) is 6.27. The molecule has 1 aliphatic carbocycles. The Balaban J connectivity index is 1.26. The zero-order chi connectivity index (χ0) is 24.6. The third kappa shape index (κ3) is 4.10. The number of nitrogens with one attached hydrogen (secondary N) is 1. The molecule has 0 spiro atoms. The topological polar surface area (TPSA) is 144 Å². The molecule has 2 N–H and O–H groups in total. The molecule has 1 aliphatic heterocycles. The number of nitrogens with zero attached hydrogens (tertiary/aromatic N) is 3. The summed E-state index contributed by atoms with van der Waals surface area (Å²) >= 11 is 0. The molecule has 1 saturated heterocycles. The molecule has 1 aromatic heterocycles. The number of aromatic nitrogens is 2. The minimum absolute atomic E-state index is 0.0367. The van der Waals surface area contributed by atoms with Crippen LogP contribution >= 0.6 is 0 Å². The van der Waals surface area contributed by atoms with E-state index in [1.54, 1.807) is 0 Å². The molecule has 35 heavy (non-hydrogen) atoms. The van der Waals surface area contributed by atoms with Crippen LogP contribution in [0.5, 0.6) is 0 Å². The highest BCUT2D eigenvalue weighted by atomic mass is 16.6. The molecule has 0 bridgehead atoms.